The molecule has 0 aliphatic carbocycles. The van der Waals surface area contributed by atoms with Crippen LogP contribution < -0.4 is 20.4 Å². The second-order valence-corrected chi connectivity index (χ2v) is 9.19. The van der Waals surface area contributed by atoms with E-state index in [9.17, 15) is 18.4 Å². The summed E-state index contributed by atoms with van der Waals surface area (Å²) in [5.74, 6) is -0.691. The maximum atomic E-state index is 12.6. The normalized spacial score (nSPS) is 11.5. The van der Waals surface area contributed by atoms with E-state index in [-0.39, 0.29) is 19.1 Å². The molecule has 0 aliphatic heterocycles. The maximum absolute atomic E-state index is 12.6. The van der Waals surface area contributed by atoms with Crippen molar-refractivity contribution in [2.45, 2.75) is 26.8 Å². The predicted octanol–water partition coefficient (Wildman–Crippen LogP) is 3.11. The number of hydroxylamine groups is 1. The summed E-state index contributed by atoms with van der Waals surface area (Å²) in [5.41, 5.74) is 5.04. The van der Waals surface area contributed by atoms with Gasteiger partial charge >= 0.3 is 0 Å². The highest BCUT2D eigenvalue weighted by Gasteiger charge is 2.20. The monoisotopic (exact) mass is 518 g/mol. The lowest BCUT2D eigenvalue weighted by molar-refractivity contribution is -0.114. The fourth-order valence-electron chi connectivity index (χ4n) is 3.06. The molecule has 3 rings (SSSR count). The molecule has 13 heteroatoms. The zero-order valence-corrected chi connectivity index (χ0v) is 20.8. The van der Waals surface area contributed by atoms with Gasteiger partial charge in [0.1, 0.15) is 5.00 Å². The number of aromatic nitrogens is 2. The number of pyridine rings is 1. The average Bonchev–Trinajstić information content (AvgIpc) is 3.19. The van der Waals surface area contributed by atoms with E-state index in [1.54, 1.807) is 37.5 Å². The van der Waals surface area contributed by atoms with Crippen molar-refractivity contribution in [3.05, 3.63) is 65.6 Å². The van der Waals surface area contributed by atoms with E-state index in [4.69, 9.17) is 4.84 Å². The highest BCUT2D eigenvalue weighted by molar-refractivity contribution is 7.81. The largest absolute Gasteiger partial charge is 0.380 e. The molecule has 0 saturated heterocycles. The molecule has 1 aromatic carbocycles. The number of nitrogens with zero attached hydrogens (tertiary/aromatic N) is 3. The van der Waals surface area contributed by atoms with Crippen molar-refractivity contribution in [1.82, 2.24) is 15.4 Å². The molecule has 2 heterocycles. The van der Waals surface area contributed by atoms with E-state index in [2.05, 4.69) is 26.1 Å². The number of amides is 2. The van der Waals surface area contributed by atoms with Crippen LogP contribution in [0.15, 0.2) is 48.8 Å². The van der Waals surface area contributed by atoms with Gasteiger partial charge < -0.3 is 10.6 Å². The van der Waals surface area contributed by atoms with Crippen LogP contribution >= 0.6 is 11.3 Å². The first-order chi connectivity index (χ1) is 16.8. The molecule has 11 nitrogen and oxygen atoms in total. The Labute approximate surface area is 209 Å². The van der Waals surface area contributed by atoms with Gasteiger partial charge in [0.2, 0.25) is 5.91 Å². The Balaban J connectivity index is 1.50. The smallest absolute Gasteiger partial charge is 0.276 e. The molecule has 0 fully saturated rings. The lowest BCUT2D eigenvalue weighted by Crippen LogP contribution is -2.29. The van der Waals surface area contributed by atoms with Crippen LogP contribution in [-0.2, 0) is 27.4 Å². The molecule has 0 saturated carbocycles. The van der Waals surface area contributed by atoms with Crippen LogP contribution in [0.4, 0.5) is 15.8 Å². The molecule has 1 atom stereocenters. The van der Waals surface area contributed by atoms with Crippen LogP contribution in [0.1, 0.15) is 35.0 Å². The van der Waals surface area contributed by atoms with Crippen LogP contribution in [0.5, 0.6) is 0 Å². The van der Waals surface area contributed by atoms with Crippen molar-refractivity contribution in [3.63, 3.8) is 0 Å². The fourth-order valence-corrected chi connectivity index (χ4v) is 4.87. The third kappa shape index (κ3) is 7.82. The summed E-state index contributed by atoms with van der Waals surface area (Å²) in [6.07, 6.45) is 3.76. The standard InChI is InChI=1S/C22H26N6O5S2/c1-15-21(34-22(25-15)26-16(2)29)28(35(31)32)12-5-13-33-27-20(30)18-6-3-4-7-19(18)24-14-17-8-10-23-11-9-17/h3-4,6-11,24H,5,12-14H2,1-2H3,(H,27,30)(H,31,32)(H,25,26,29). The third-order valence-corrected chi connectivity index (χ3v) is 6.60. The number of nitrogens with one attached hydrogen (secondary N) is 3. The van der Waals surface area contributed by atoms with Crippen LogP contribution in [0.2, 0.25) is 0 Å². The van der Waals surface area contributed by atoms with Crippen molar-refractivity contribution in [2.24, 2.45) is 0 Å². The molecule has 4 N–H and O–H groups in total. The van der Waals surface area contributed by atoms with Gasteiger partial charge in [-0.3, -0.25) is 28.3 Å². The summed E-state index contributed by atoms with van der Waals surface area (Å²) in [5, 5.41) is 6.61. The van der Waals surface area contributed by atoms with Crippen molar-refractivity contribution in [1.29, 1.82) is 0 Å². The Bertz CT molecular complexity index is 1170. The van der Waals surface area contributed by atoms with Crippen molar-refractivity contribution >= 4 is 50.2 Å². The van der Waals surface area contributed by atoms with Gasteiger partial charge in [-0.25, -0.2) is 14.7 Å². The zero-order chi connectivity index (χ0) is 25.2. The second-order valence-electron chi connectivity index (χ2n) is 7.31. The van der Waals surface area contributed by atoms with Gasteiger partial charge in [0, 0.05) is 38.1 Å². The first kappa shape index (κ1) is 26.2. The summed E-state index contributed by atoms with van der Waals surface area (Å²) in [4.78, 5) is 37.3. The lowest BCUT2D eigenvalue weighted by Gasteiger charge is -2.18. The molecule has 0 radical (unpaired) electrons. The molecule has 3 aromatic rings. The van der Waals surface area contributed by atoms with Gasteiger partial charge in [0.25, 0.3) is 17.2 Å². The molecular weight excluding hydrogens is 492 g/mol. The number of hydrogen-bond donors (Lipinski definition) is 4. The van der Waals surface area contributed by atoms with E-state index >= 15 is 0 Å². The number of thiazole rings is 1. The van der Waals surface area contributed by atoms with Gasteiger partial charge in [-0.15, -0.1) is 0 Å². The lowest BCUT2D eigenvalue weighted by atomic mass is 10.1. The molecule has 35 heavy (non-hydrogen) atoms. The number of hydrogen-bond acceptors (Lipinski definition) is 8. The van der Waals surface area contributed by atoms with Gasteiger partial charge in [-0.2, -0.15) is 0 Å². The van der Waals surface area contributed by atoms with E-state index in [1.807, 2.05) is 18.2 Å². The Morgan fingerprint density at radius 2 is 1.94 bits per heavy atom. The number of aryl methyl sites for hydroxylation is 1. The summed E-state index contributed by atoms with van der Waals surface area (Å²) in [7, 11) is 0. The molecule has 0 spiro atoms. The molecule has 0 aliphatic rings. The third-order valence-electron chi connectivity index (χ3n) is 4.65. The summed E-state index contributed by atoms with van der Waals surface area (Å²) >= 11 is -1.19. The number of para-hydroxylation sites is 1. The van der Waals surface area contributed by atoms with Crippen LogP contribution in [-0.4, -0.2) is 43.7 Å². The Kier molecular flexibility index (Phi) is 9.66. The highest BCUT2D eigenvalue weighted by atomic mass is 32.2. The van der Waals surface area contributed by atoms with Crippen LogP contribution in [0.3, 0.4) is 0 Å². The predicted molar refractivity (Wildman–Crippen MR) is 135 cm³/mol. The summed E-state index contributed by atoms with van der Waals surface area (Å²) in [6, 6.07) is 10.8. The highest BCUT2D eigenvalue weighted by Crippen LogP contribution is 2.32. The summed E-state index contributed by atoms with van der Waals surface area (Å²) in [6.45, 7) is 3.86. The van der Waals surface area contributed by atoms with Crippen LogP contribution in [0, 0.1) is 6.92 Å². The molecule has 1 unspecified atom stereocenters. The van der Waals surface area contributed by atoms with Crippen molar-refractivity contribution in [3.8, 4) is 0 Å². The quantitative estimate of drug-likeness (QED) is 0.163. The number of benzene rings is 1. The fraction of sp³-hybridized carbons (Fsp3) is 0.273. The minimum absolute atomic E-state index is 0.114. The number of carbonyl (C=O) groups excluding carboxylic acids is 2. The summed E-state index contributed by atoms with van der Waals surface area (Å²) < 4.78 is 22.8. The van der Waals surface area contributed by atoms with E-state index in [0.29, 0.717) is 40.0 Å². The molecular formula is C22H26N6O5S2. The first-order valence-corrected chi connectivity index (χ1v) is 12.5. The minimum atomic E-state index is -2.29. The SMILES string of the molecule is CC(=O)Nc1nc(C)c(N(CCCONC(=O)c2ccccc2NCc2ccncc2)S(=O)O)s1. The Morgan fingerprint density at radius 1 is 1.20 bits per heavy atom. The molecule has 186 valence electrons. The van der Waals surface area contributed by atoms with Gasteiger partial charge in [0.05, 0.1) is 17.9 Å². The number of rotatable bonds is 12. The van der Waals surface area contributed by atoms with E-state index in [0.717, 1.165) is 16.9 Å². The second kappa shape index (κ2) is 12.9. The number of carbonyl (C=O) groups is 2. The topological polar surface area (TPSA) is 146 Å². The Morgan fingerprint density at radius 3 is 2.66 bits per heavy atom. The van der Waals surface area contributed by atoms with Gasteiger partial charge in [-0.05, 0) is 43.2 Å². The Hall–Kier alpha value is -3.39. The number of anilines is 3. The molecule has 0 bridgehead atoms. The zero-order valence-electron chi connectivity index (χ0n) is 19.2. The molecule has 2 aromatic heterocycles. The average molecular weight is 519 g/mol. The van der Waals surface area contributed by atoms with E-state index < -0.39 is 17.2 Å². The minimum Gasteiger partial charge on any atom is -0.380 e. The first-order valence-electron chi connectivity index (χ1n) is 10.6. The van der Waals surface area contributed by atoms with Crippen LogP contribution in [0.25, 0.3) is 0 Å². The molecule has 2 amide bonds. The van der Waals surface area contributed by atoms with Gasteiger partial charge in [-0.1, -0.05) is 23.5 Å². The van der Waals surface area contributed by atoms with Gasteiger partial charge in [0.15, 0.2) is 5.13 Å². The maximum Gasteiger partial charge on any atom is 0.276 e. The van der Waals surface area contributed by atoms with Crippen molar-refractivity contribution < 1.29 is 23.2 Å². The van der Waals surface area contributed by atoms with Crippen molar-refractivity contribution in [2.75, 3.05) is 28.1 Å². The van der Waals surface area contributed by atoms with E-state index in [1.165, 1.54) is 11.2 Å².